The van der Waals surface area contributed by atoms with Gasteiger partial charge in [-0.15, -0.1) is 0 Å². The van der Waals surface area contributed by atoms with Crippen LogP contribution in [0.5, 0.6) is 0 Å². The second kappa shape index (κ2) is 6.08. The molecule has 0 N–H and O–H groups in total. The zero-order chi connectivity index (χ0) is 13.1. The number of rotatable bonds is 4. The Morgan fingerprint density at radius 1 is 1.28 bits per heavy atom. The van der Waals surface area contributed by atoms with E-state index in [1.807, 2.05) is 16.8 Å². The van der Waals surface area contributed by atoms with Crippen molar-refractivity contribution in [3.05, 3.63) is 57.8 Å². The average Bonchev–Trinajstić information content (AvgIpc) is 2.77. The monoisotopic (exact) mass is 393 g/mol. The minimum Gasteiger partial charge on any atom is -0.344 e. The number of alkyl halides is 1. The predicted octanol–water partition coefficient (Wildman–Crippen LogP) is 4.46. The summed E-state index contributed by atoms with van der Waals surface area (Å²) in [6.07, 6.45) is 1.90. The second-order valence-electron chi connectivity index (χ2n) is 3.73. The summed E-state index contributed by atoms with van der Waals surface area (Å²) in [5.41, 5.74) is 1.13. The predicted molar refractivity (Wildman–Crippen MR) is 83.2 cm³/mol. The maximum atomic E-state index is 12.4. The van der Waals surface area contributed by atoms with Gasteiger partial charge in [0.15, 0.2) is 0 Å². The van der Waals surface area contributed by atoms with Crippen LogP contribution in [0, 0.1) is 0 Å². The number of carbonyl (C=O) groups is 1. The normalized spacial score (nSPS) is 10.6. The Morgan fingerprint density at radius 3 is 2.72 bits per heavy atom. The second-order valence-corrected chi connectivity index (χ2v) is 5.65. The van der Waals surface area contributed by atoms with Crippen LogP contribution in [0.25, 0.3) is 0 Å². The molecule has 1 aromatic heterocycles. The van der Waals surface area contributed by atoms with E-state index in [1.165, 1.54) is 0 Å². The van der Waals surface area contributed by atoms with E-state index in [1.54, 1.807) is 24.3 Å². The maximum Gasteiger partial charge on any atom is 0.210 e. The van der Waals surface area contributed by atoms with E-state index >= 15 is 0 Å². The number of hydrogen-bond acceptors (Lipinski definition) is 1. The number of benzene rings is 1. The van der Waals surface area contributed by atoms with Gasteiger partial charge < -0.3 is 4.57 Å². The molecule has 0 saturated heterocycles. The van der Waals surface area contributed by atoms with Crippen LogP contribution in [0.1, 0.15) is 16.1 Å². The number of halogens is 3. The molecule has 0 bridgehead atoms. The van der Waals surface area contributed by atoms with Gasteiger partial charge in [0.1, 0.15) is 0 Å². The lowest BCUT2D eigenvalue weighted by atomic mass is 10.1. The molecule has 0 aliphatic rings. The molecule has 2 rings (SSSR count). The van der Waals surface area contributed by atoms with Crippen LogP contribution >= 0.6 is 45.8 Å². The SMILES string of the molecule is O=C(c1ccc(Cl)cc1Cl)c1cccn1CCI. The summed E-state index contributed by atoms with van der Waals surface area (Å²) >= 11 is 14.2. The van der Waals surface area contributed by atoms with E-state index in [-0.39, 0.29) is 5.78 Å². The lowest BCUT2D eigenvalue weighted by molar-refractivity contribution is 0.103. The van der Waals surface area contributed by atoms with Crippen LogP contribution in [-0.4, -0.2) is 14.8 Å². The molecule has 0 aliphatic carbocycles. The van der Waals surface area contributed by atoms with E-state index in [0.717, 1.165) is 11.0 Å². The van der Waals surface area contributed by atoms with Gasteiger partial charge in [-0.3, -0.25) is 4.79 Å². The fraction of sp³-hybridized carbons (Fsp3) is 0.154. The minimum absolute atomic E-state index is 0.0773. The summed E-state index contributed by atoms with van der Waals surface area (Å²) in [5.74, 6) is -0.0773. The zero-order valence-electron chi connectivity index (χ0n) is 9.37. The van der Waals surface area contributed by atoms with Gasteiger partial charge in [-0.25, -0.2) is 0 Å². The number of ketones is 1. The van der Waals surface area contributed by atoms with Crippen LogP contribution in [0.15, 0.2) is 36.5 Å². The minimum atomic E-state index is -0.0773. The molecule has 2 nitrogen and oxygen atoms in total. The Kier molecular flexibility index (Phi) is 4.70. The molecular formula is C13H10Cl2INO. The molecule has 0 saturated carbocycles. The van der Waals surface area contributed by atoms with E-state index < -0.39 is 0 Å². The molecule has 94 valence electrons. The summed E-state index contributed by atoms with van der Waals surface area (Å²) < 4.78 is 2.88. The Labute approximate surface area is 129 Å². The lowest BCUT2D eigenvalue weighted by Crippen LogP contribution is -2.10. The van der Waals surface area contributed by atoms with Crippen molar-refractivity contribution in [2.24, 2.45) is 0 Å². The van der Waals surface area contributed by atoms with E-state index in [2.05, 4.69) is 22.6 Å². The number of aromatic nitrogens is 1. The molecule has 0 amide bonds. The van der Waals surface area contributed by atoms with Gasteiger partial charge in [-0.05, 0) is 30.3 Å². The highest BCUT2D eigenvalue weighted by molar-refractivity contribution is 14.1. The van der Waals surface area contributed by atoms with E-state index in [9.17, 15) is 4.79 Å². The third kappa shape index (κ3) is 2.90. The average molecular weight is 394 g/mol. The summed E-state index contributed by atoms with van der Waals surface area (Å²) in [6, 6.07) is 8.59. The Hall–Kier alpha value is -0.520. The van der Waals surface area contributed by atoms with Crippen LogP contribution in [0.2, 0.25) is 10.0 Å². The van der Waals surface area contributed by atoms with Gasteiger partial charge in [0.25, 0.3) is 0 Å². The van der Waals surface area contributed by atoms with Gasteiger partial charge in [0.05, 0.1) is 10.7 Å². The van der Waals surface area contributed by atoms with Crippen LogP contribution in [0.4, 0.5) is 0 Å². The summed E-state index contributed by atoms with van der Waals surface area (Å²) in [4.78, 5) is 12.4. The van der Waals surface area contributed by atoms with Crippen LogP contribution < -0.4 is 0 Å². The highest BCUT2D eigenvalue weighted by atomic mass is 127. The fourth-order valence-electron chi connectivity index (χ4n) is 1.72. The molecule has 0 radical (unpaired) electrons. The van der Waals surface area contributed by atoms with Crippen molar-refractivity contribution >= 4 is 51.6 Å². The molecular weight excluding hydrogens is 384 g/mol. The molecule has 1 heterocycles. The van der Waals surface area contributed by atoms with E-state index in [0.29, 0.717) is 21.3 Å². The lowest BCUT2D eigenvalue weighted by Gasteiger charge is -2.08. The van der Waals surface area contributed by atoms with Crippen molar-refractivity contribution in [2.75, 3.05) is 4.43 Å². The molecule has 2 aromatic rings. The third-order valence-electron chi connectivity index (χ3n) is 2.56. The largest absolute Gasteiger partial charge is 0.344 e. The molecule has 18 heavy (non-hydrogen) atoms. The van der Waals surface area contributed by atoms with Crippen molar-refractivity contribution in [3.8, 4) is 0 Å². The number of aryl methyl sites for hydroxylation is 1. The summed E-state index contributed by atoms with van der Waals surface area (Å²) in [5, 5.41) is 0.911. The van der Waals surface area contributed by atoms with Gasteiger partial charge in [0.2, 0.25) is 5.78 Å². The first kappa shape index (κ1) is 13.9. The topological polar surface area (TPSA) is 22.0 Å². The van der Waals surface area contributed by atoms with Gasteiger partial charge in [-0.2, -0.15) is 0 Å². The van der Waals surface area contributed by atoms with Crippen molar-refractivity contribution in [1.29, 1.82) is 0 Å². The Balaban J connectivity index is 2.38. The first-order valence-corrected chi connectivity index (χ1v) is 7.62. The first-order valence-electron chi connectivity index (χ1n) is 5.34. The van der Waals surface area contributed by atoms with E-state index in [4.69, 9.17) is 23.2 Å². The molecule has 0 aliphatic heterocycles. The number of nitrogens with zero attached hydrogens (tertiary/aromatic N) is 1. The smallest absolute Gasteiger partial charge is 0.210 e. The first-order chi connectivity index (χ1) is 8.63. The molecule has 1 aromatic carbocycles. The summed E-state index contributed by atoms with van der Waals surface area (Å²) in [6.45, 7) is 0.805. The van der Waals surface area contributed by atoms with Crippen LogP contribution in [0.3, 0.4) is 0 Å². The van der Waals surface area contributed by atoms with Gasteiger partial charge >= 0.3 is 0 Å². The highest BCUT2D eigenvalue weighted by Crippen LogP contribution is 2.23. The summed E-state index contributed by atoms with van der Waals surface area (Å²) in [7, 11) is 0. The number of hydrogen-bond donors (Lipinski definition) is 0. The van der Waals surface area contributed by atoms with Gasteiger partial charge in [0, 0.05) is 27.8 Å². The standard InChI is InChI=1S/C13H10Cl2INO/c14-9-3-4-10(11(15)8-9)13(18)12-2-1-6-17(12)7-5-16/h1-4,6,8H,5,7H2. The van der Waals surface area contributed by atoms with Crippen molar-refractivity contribution in [2.45, 2.75) is 6.54 Å². The number of carbonyl (C=O) groups excluding carboxylic acids is 1. The Morgan fingerprint density at radius 2 is 2.06 bits per heavy atom. The highest BCUT2D eigenvalue weighted by Gasteiger charge is 2.16. The van der Waals surface area contributed by atoms with Crippen molar-refractivity contribution in [3.63, 3.8) is 0 Å². The maximum absolute atomic E-state index is 12.4. The molecule has 5 heteroatoms. The van der Waals surface area contributed by atoms with Crippen molar-refractivity contribution < 1.29 is 4.79 Å². The molecule has 0 atom stereocenters. The van der Waals surface area contributed by atoms with Crippen molar-refractivity contribution in [1.82, 2.24) is 4.57 Å². The Bertz CT molecular complexity index is 580. The molecule has 0 unspecified atom stereocenters. The molecule has 0 fully saturated rings. The fourth-order valence-corrected chi connectivity index (χ4v) is 2.73. The van der Waals surface area contributed by atoms with Gasteiger partial charge in [-0.1, -0.05) is 45.8 Å². The third-order valence-corrected chi connectivity index (χ3v) is 3.59. The quantitative estimate of drug-likeness (QED) is 0.427. The molecule has 0 spiro atoms. The van der Waals surface area contributed by atoms with Crippen LogP contribution in [-0.2, 0) is 6.54 Å². The zero-order valence-corrected chi connectivity index (χ0v) is 13.0.